The van der Waals surface area contributed by atoms with Gasteiger partial charge in [-0.15, -0.1) is 12.6 Å². The molecule has 1 aromatic rings. The molecule has 1 atom stereocenters. The Morgan fingerprint density at radius 3 is 2.46 bits per heavy atom. The fourth-order valence-corrected chi connectivity index (χ4v) is 2.29. The SMILES string of the molecule is C/C=C(\S)C(=N)CC(NC(=O)CCCC(=O)O)c1ccc(C)cc1. The molecule has 24 heavy (non-hydrogen) atoms. The standard InChI is InChI=1S/C18H24N2O3S/c1-3-16(24)14(19)11-15(13-9-7-12(2)8-10-13)20-17(21)5-4-6-18(22)23/h3,7-10,15,19,24H,4-6,11H2,1-2H3,(H,20,21)(H,22,23)/b16-3-,19-14?. The molecule has 1 amide bonds. The highest BCUT2D eigenvalue weighted by Gasteiger charge is 2.17. The van der Waals surface area contributed by atoms with Crippen LogP contribution in [-0.4, -0.2) is 22.7 Å². The molecule has 0 heterocycles. The van der Waals surface area contributed by atoms with Gasteiger partial charge in [0, 0.05) is 29.9 Å². The van der Waals surface area contributed by atoms with Crippen LogP contribution < -0.4 is 5.32 Å². The van der Waals surface area contributed by atoms with Crippen molar-refractivity contribution >= 4 is 30.2 Å². The Labute approximate surface area is 148 Å². The van der Waals surface area contributed by atoms with Crippen LogP contribution in [-0.2, 0) is 9.59 Å². The van der Waals surface area contributed by atoms with Crippen molar-refractivity contribution < 1.29 is 14.7 Å². The predicted octanol–water partition coefficient (Wildman–Crippen LogP) is 3.65. The van der Waals surface area contributed by atoms with Gasteiger partial charge in [-0.05, 0) is 25.8 Å². The van der Waals surface area contributed by atoms with Gasteiger partial charge in [0.1, 0.15) is 0 Å². The highest BCUT2D eigenvalue weighted by atomic mass is 32.1. The molecule has 0 aliphatic heterocycles. The van der Waals surface area contributed by atoms with E-state index in [1.54, 1.807) is 6.08 Å². The van der Waals surface area contributed by atoms with Crippen molar-refractivity contribution in [1.82, 2.24) is 5.32 Å². The maximum Gasteiger partial charge on any atom is 0.303 e. The van der Waals surface area contributed by atoms with Crippen LogP contribution in [0.1, 0.15) is 49.8 Å². The Morgan fingerprint density at radius 1 is 1.29 bits per heavy atom. The number of aryl methyl sites for hydroxylation is 1. The molecular formula is C18H24N2O3S. The van der Waals surface area contributed by atoms with Crippen molar-refractivity contribution in [3.8, 4) is 0 Å². The molecule has 0 saturated carbocycles. The lowest BCUT2D eigenvalue weighted by molar-refractivity contribution is -0.137. The van der Waals surface area contributed by atoms with Gasteiger partial charge in [0.15, 0.2) is 0 Å². The lowest BCUT2D eigenvalue weighted by Gasteiger charge is -2.20. The number of amides is 1. The predicted molar refractivity (Wildman–Crippen MR) is 98.6 cm³/mol. The van der Waals surface area contributed by atoms with Gasteiger partial charge in [0.25, 0.3) is 0 Å². The quantitative estimate of drug-likeness (QED) is 0.405. The second kappa shape index (κ2) is 9.93. The number of carboxylic acids is 1. The molecule has 0 saturated heterocycles. The first kappa shape index (κ1) is 20.0. The van der Waals surface area contributed by atoms with Crippen molar-refractivity contribution in [1.29, 1.82) is 5.41 Å². The van der Waals surface area contributed by atoms with E-state index in [1.165, 1.54) is 0 Å². The Hall–Kier alpha value is -2.08. The van der Waals surface area contributed by atoms with Crippen molar-refractivity contribution in [3.63, 3.8) is 0 Å². The van der Waals surface area contributed by atoms with E-state index < -0.39 is 5.97 Å². The monoisotopic (exact) mass is 348 g/mol. The first-order valence-corrected chi connectivity index (χ1v) is 8.29. The zero-order valence-electron chi connectivity index (χ0n) is 14.0. The highest BCUT2D eigenvalue weighted by molar-refractivity contribution is 7.85. The molecule has 1 aromatic carbocycles. The lowest BCUT2D eigenvalue weighted by Crippen LogP contribution is -2.30. The molecule has 0 radical (unpaired) electrons. The van der Waals surface area contributed by atoms with Gasteiger partial charge in [0.2, 0.25) is 5.91 Å². The molecule has 1 rings (SSSR count). The van der Waals surface area contributed by atoms with E-state index in [0.717, 1.165) is 11.1 Å². The molecule has 0 aliphatic rings. The summed E-state index contributed by atoms with van der Waals surface area (Å²) in [6.45, 7) is 3.79. The van der Waals surface area contributed by atoms with Crippen molar-refractivity contribution in [3.05, 3.63) is 46.4 Å². The van der Waals surface area contributed by atoms with E-state index in [2.05, 4.69) is 17.9 Å². The third-order valence-electron chi connectivity index (χ3n) is 3.60. The number of rotatable bonds is 9. The Morgan fingerprint density at radius 2 is 1.92 bits per heavy atom. The lowest BCUT2D eigenvalue weighted by atomic mass is 9.99. The molecule has 5 nitrogen and oxygen atoms in total. The van der Waals surface area contributed by atoms with Crippen LogP contribution in [0.3, 0.4) is 0 Å². The fourth-order valence-electron chi connectivity index (χ4n) is 2.20. The number of benzene rings is 1. The highest BCUT2D eigenvalue weighted by Crippen LogP contribution is 2.21. The van der Waals surface area contributed by atoms with Gasteiger partial charge in [-0.1, -0.05) is 35.9 Å². The Balaban J connectivity index is 2.81. The first-order chi connectivity index (χ1) is 11.3. The minimum absolute atomic E-state index is 0.0300. The number of allylic oxidation sites excluding steroid dienone is 2. The number of carboxylic acid groups (broad SMARTS) is 1. The van der Waals surface area contributed by atoms with Crippen LogP contribution in [0.15, 0.2) is 35.2 Å². The van der Waals surface area contributed by atoms with Gasteiger partial charge in [-0.25, -0.2) is 0 Å². The largest absolute Gasteiger partial charge is 0.481 e. The van der Waals surface area contributed by atoms with E-state index in [0.29, 0.717) is 23.5 Å². The molecular weight excluding hydrogens is 324 g/mol. The molecule has 6 heteroatoms. The minimum atomic E-state index is -0.910. The van der Waals surface area contributed by atoms with E-state index in [9.17, 15) is 9.59 Å². The van der Waals surface area contributed by atoms with Crippen LogP contribution in [0.5, 0.6) is 0 Å². The normalized spacial score (nSPS) is 12.5. The second-order valence-corrected chi connectivity index (χ2v) is 6.12. The molecule has 0 fully saturated rings. The summed E-state index contributed by atoms with van der Waals surface area (Å²) in [5.41, 5.74) is 2.37. The molecule has 0 aliphatic carbocycles. The van der Waals surface area contributed by atoms with Gasteiger partial charge in [-0.2, -0.15) is 0 Å². The van der Waals surface area contributed by atoms with Gasteiger partial charge in [0.05, 0.1) is 6.04 Å². The van der Waals surface area contributed by atoms with E-state index in [4.69, 9.17) is 10.5 Å². The van der Waals surface area contributed by atoms with Crippen LogP contribution >= 0.6 is 12.6 Å². The zero-order valence-corrected chi connectivity index (χ0v) is 14.9. The van der Waals surface area contributed by atoms with Crippen LogP contribution in [0.25, 0.3) is 0 Å². The van der Waals surface area contributed by atoms with Crippen LogP contribution in [0.2, 0.25) is 0 Å². The summed E-state index contributed by atoms with van der Waals surface area (Å²) in [4.78, 5) is 23.2. The molecule has 3 N–H and O–H groups in total. The third-order valence-corrected chi connectivity index (χ3v) is 4.13. The number of carbonyl (C=O) groups is 2. The molecule has 130 valence electrons. The third kappa shape index (κ3) is 7.00. The Kier molecular flexibility index (Phi) is 8.26. The maximum absolute atomic E-state index is 12.1. The number of hydrogen-bond acceptors (Lipinski definition) is 4. The average molecular weight is 348 g/mol. The van der Waals surface area contributed by atoms with Gasteiger partial charge >= 0.3 is 5.97 Å². The summed E-state index contributed by atoms with van der Waals surface area (Å²) < 4.78 is 0. The summed E-state index contributed by atoms with van der Waals surface area (Å²) in [5.74, 6) is -1.12. The summed E-state index contributed by atoms with van der Waals surface area (Å²) in [5, 5.41) is 19.6. The fraction of sp³-hybridized carbons (Fsp3) is 0.389. The van der Waals surface area contributed by atoms with E-state index in [-0.39, 0.29) is 24.8 Å². The van der Waals surface area contributed by atoms with E-state index >= 15 is 0 Å². The average Bonchev–Trinajstić information content (AvgIpc) is 2.53. The first-order valence-electron chi connectivity index (χ1n) is 7.84. The molecule has 0 spiro atoms. The number of carbonyl (C=O) groups excluding carboxylic acids is 1. The molecule has 0 aromatic heterocycles. The maximum atomic E-state index is 12.1. The Bertz CT molecular complexity index is 624. The van der Waals surface area contributed by atoms with Crippen LogP contribution in [0.4, 0.5) is 0 Å². The molecule has 0 bridgehead atoms. The van der Waals surface area contributed by atoms with Crippen LogP contribution in [0, 0.1) is 12.3 Å². The van der Waals surface area contributed by atoms with Crippen molar-refractivity contribution in [2.75, 3.05) is 0 Å². The topological polar surface area (TPSA) is 90.3 Å². The second-order valence-electron chi connectivity index (χ2n) is 5.63. The summed E-state index contributed by atoms with van der Waals surface area (Å²) in [6.07, 6.45) is 2.49. The van der Waals surface area contributed by atoms with Crippen molar-refractivity contribution in [2.45, 2.75) is 45.6 Å². The van der Waals surface area contributed by atoms with Gasteiger partial charge in [-0.3, -0.25) is 9.59 Å². The smallest absolute Gasteiger partial charge is 0.303 e. The number of nitrogens with one attached hydrogen (secondary N) is 2. The minimum Gasteiger partial charge on any atom is -0.481 e. The van der Waals surface area contributed by atoms with E-state index in [1.807, 2.05) is 38.1 Å². The van der Waals surface area contributed by atoms with Gasteiger partial charge < -0.3 is 15.8 Å². The summed E-state index contributed by atoms with van der Waals surface area (Å²) in [7, 11) is 0. The molecule has 1 unspecified atom stereocenters. The summed E-state index contributed by atoms with van der Waals surface area (Å²) in [6, 6.07) is 7.44. The van der Waals surface area contributed by atoms with Crippen molar-refractivity contribution in [2.24, 2.45) is 0 Å². The number of thiol groups is 1. The number of aliphatic carboxylic acids is 1. The number of hydrogen-bond donors (Lipinski definition) is 4. The zero-order chi connectivity index (χ0) is 18.1. The summed E-state index contributed by atoms with van der Waals surface area (Å²) >= 11 is 4.26.